The second kappa shape index (κ2) is 6.88. The van der Waals surface area contributed by atoms with Crippen molar-refractivity contribution in [2.45, 2.75) is 38.9 Å². The van der Waals surface area contributed by atoms with E-state index in [1.807, 2.05) is 36.4 Å². The van der Waals surface area contributed by atoms with Gasteiger partial charge in [0.25, 0.3) is 0 Å². The zero-order valence-corrected chi connectivity index (χ0v) is 13.2. The zero-order chi connectivity index (χ0) is 16.2. The van der Waals surface area contributed by atoms with Crippen LogP contribution in [0, 0.1) is 5.92 Å². The number of benzene rings is 1. The predicted octanol–water partition coefficient (Wildman–Crippen LogP) is 3.02. The van der Waals surface area contributed by atoms with Crippen LogP contribution >= 0.6 is 0 Å². The molecule has 1 fully saturated rings. The number of ketones is 1. The molecule has 0 spiro atoms. The number of ether oxygens (including phenoxy) is 2. The van der Waals surface area contributed by atoms with Gasteiger partial charge in [-0.3, -0.25) is 9.59 Å². The highest BCUT2D eigenvalue weighted by Gasteiger charge is 2.39. The Bertz CT molecular complexity index is 554. The second-order valence-electron chi connectivity index (χ2n) is 6.33. The maximum Gasteiger partial charge on any atom is 0.320 e. The van der Waals surface area contributed by atoms with Crippen molar-refractivity contribution in [2.75, 3.05) is 6.61 Å². The topological polar surface area (TPSA) is 52.6 Å². The normalized spacial score (nSPS) is 22.8. The van der Waals surface area contributed by atoms with Crippen molar-refractivity contribution in [1.82, 2.24) is 0 Å². The molecule has 1 aliphatic heterocycles. The average Bonchev–Trinajstić information content (AvgIpc) is 2.44. The minimum atomic E-state index is -0.882. The van der Waals surface area contributed by atoms with Crippen molar-refractivity contribution in [3.63, 3.8) is 0 Å². The summed E-state index contributed by atoms with van der Waals surface area (Å²) in [6.07, 6.45) is 3.30. The molecule has 0 bridgehead atoms. The molecule has 4 heteroatoms. The third-order valence-electron chi connectivity index (χ3n) is 3.27. The quantitative estimate of drug-likeness (QED) is 0.636. The monoisotopic (exact) mass is 302 g/mol. The lowest BCUT2D eigenvalue weighted by atomic mass is 9.92. The third-order valence-corrected chi connectivity index (χ3v) is 3.27. The Kier molecular flexibility index (Phi) is 5.14. The molecular weight excluding hydrogens is 280 g/mol. The van der Waals surface area contributed by atoms with E-state index in [2.05, 4.69) is 0 Å². The minimum Gasteiger partial charge on any atom is -0.459 e. The number of hydrogen-bond donors (Lipinski definition) is 0. The summed E-state index contributed by atoms with van der Waals surface area (Å²) in [7, 11) is 0. The summed E-state index contributed by atoms with van der Waals surface area (Å²) in [6, 6.07) is 9.69. The first-order valence-corrected chi connectivity index (χ1v) is 7.47. The molecule has 1 aromatic rings. The van der Waals surface area contributed by atoms with E-state index in [-0.39, 0.29) is 12.2 Å². The van der Waals surface area contributed by atoms with E-state index < -0.39 is 23.6 Å². The molecule has 0 radical (unpaired) electrons. The van der Waals surface area contributed by atoms with Crippen LogP contribution < -0.4 is 0 Å². The van der Waals surface area contributed by atoms with Crippen LogP contribution in [-0.2, 0) is 19.1 Å². The van der Waals surface area contributed by atoms with E-state index in [0.717, 1.165) is 5.56 Å². The van der Waals surface area contributed by atoms with Gasteiger partial charge in [-0.1, -0.05) is 42.5 Å². The van der Waals surface area contributed by atoms with E-state index in [1.54, 1.807) is 26.8 Å². The Labute approximate surface area is 131 Å². The van der Waals surface area contributed by atoms with Crippen LogP contribution in [0.3, 0.4) is 0 Å². The highest BCUT2D eigenvalue weighted by Crippen LogP contribution is 2.23. The molecule has 1 aliphatic rings. The Morgan fingerprint density at radius 1 is 1.27 bits per heavy atom. The Balaban J connectivity index is 2.15. The van der Waals surface area contributed by atoms with E-state index in [0.29, 0.717) is 6.61 Å². The lowest BCUT2D eigenvalue weighted by Gasteiger charge is -2.30. The van der Waals surface area contributed by atoms with Crippen LogP contribution in [0.4, 0.5) is 0 Å². The van der Waals surface area contributed by atoms with Crippen molar-refractivity contribution in [3.05, 3.63) is 42.0 Å². The Morgan fingerprint density at radius 3 is 2.59 bits per heavy atom. The molecule has 1 aromatic carbocycles. The van der Waals surface area contributed by atoms with Crippen molar-refractivity contribution >= 4 is 17.8 Å². The summed E-state index contributed by atoms with van der Waals surface area (Å²) < 4.78 is 11.0. The highest BCUT2D eigenvalue weighted by atomic mass is 16.6. The van der Waals surface area contributed by atoms with E-state index in [4.69, 9.17) is 9.47 Å². The molecule has 0 aromatic heterocycles. The molecule has 2 rings (SSSR count). The summed E-state index contributed by atoms with van der Waals surface area (Å²) in [5.74, 6) is -1.52. The molecule has 0 unspecified atom stereocenters. The summed E-state index contributed by atoms with van der Waals surface area (Å²) in [5.41, 5.74) is 0.370. The molecule has 0 aliphatic carbocycles. The zero-order valence-electron chi connectivity index (χ0n) is 13.2. The predicted molar refractivity (Wildman–Crippen MR) is 84.2 cm³/mol. The lowest BCUT2D eigenvalue weighted by molar-refractivity contribution is -0.169. The number of hydrogen-bond acceptors (Lipinski definition) is 4. The Morgan fingerprint density at radius 2 is 1.95 bits per heavy atom. The van der Waals surface area contributed by atoms with Crippen LogP contribution in [0.5, 0.6) is 0 Å². The van der Waals surface area contributed by atoms with Crippen molar-refractivity contribution in [3.8, 4) is 0 Å². The average molecular weight is 302 g/mol. The van der Waals surface area contributed by atoms with Gasteiger partial charge in [0.05, 0.1) is 12.7 Å². The number of esters is 1. The summed E-state index contributed by atoms with van der Waals surface area (Å²) in [5, 5.41) is 0. The number of Topliss-reactive ketones (excluding diaryl/α,β-unsaturated/α-hetero) is 1. The fraction of sp³-hybridized carbons (Fsp3) is 0.444. The highest BCUT2D eigenvalue weighted by molar-refractivity contribution is 6.00. The second-order valence-corrected chi connectivity index (χ2v) is 6.33. The smallest absolute Gasteiger partial charge is 0.320 e. The van der Waals surface area contributed by atoms with Crippen LogP contribution in [0.2, 0.25) is 0 Å². The van der Waals surface area contributed by atoms with Crippen LogP contribution in [0.15, 0.2) is 36.4 Å². The SMILES string of the molecule is CC(C)(C)OC(=O)[C@H]1C(=O)CCO[C@@H]1/C=C/c1ccccc1. The fourth-order valence-corrected chi connectivity index (χ4v) is 2.30. The van der Waals surface area contributed by atoms with E-state index >= 15 is 0 Å². The van der Waals surface area contributed by atoms with Crippen molar-refractivity contribution in [1.29, 1.82) is 0 Å². The van der Waals surface area contributed by atoms with Gasteiger partial charge in [-0.2, -0.15) is 0 Å². The molecule has 118 valence electrons. The number of rotatable bonds is 3. The number of carbonyl (C=O) groups is 2. The first-order chi connectivity index (χ1) is 10.4. The minimum absolute atomic E-state index is 0.122. The van der Waals surface area contributed by atoms with Gasteiger partial charge in [-0.05, 0) is 26.3 Å². The maximum absolute atomic E-state index is 12.3. The molecule has 0 saturated carbocycles. The largest absolute Gasteiger partial charge is 0.459 e. The number of carbonyl (C=O) groups excluding carboxylic acids is 2. The van der Waals surface area contributed by atoms with Gasteiger partial charge in [-0.25, -0.2) is 0 Å². The van der Waals surface area contributed by atoms with Gasteiger partial charge in [0.2, 0.25) is 0 Å². The molecule has 2 atom stereocenters. The fourth-order valence-electron chi connectivity index (χ4n) is 2.30. The van der Waals surface area contributed by atoms with Crippen molar-refractivity contribution in [2.24, 2.45) is 5.92 Å². The molecule has 0 amide bonds. The summed E-state index contributed by atoms with van der Waals surface area (Å²) in [4.78, 5) is 24.4. The lowest BCUT2D eigenvalue weighted by Crippen LogP contribution is -2.43. The Hall–Kier alpha value is -1.94. The molecule has 1 saturated heterocycles. The molecule has 0 N–H and O–H groups in total. The molecule has 22 heavy (non-hydrogen) atoms. The first-order valence-electron chi connectivity index (χ1n) is 7.47. The third kappa shape index (κ3) is 4.53. The van der Waals surface area contributed by atoms with E-state index in [1.165, 1.54) is 0 Å². The van der Waals surface area contributed by atoms with Gasteiger partial charge in [-0.15, -0.1) is 0 Å². The molecule has 1 heterocycles. The van der Waals surface area contributed by atoms with Gasteiger partial charge < -0.3 is 9.47 Å². The van der Waals surface area contributed by atoms with Gasteiger partial charge in [0.15, 0.2) is 5.78 Å². The first kappa shape index (κ1) is 16.4. The van der Waals surface area contributed by atoms with E-state index in [9.17, 15) is 9.59 Å². The standard InChI is InChI=1S/C18H22O4/c1-18(2,3)22-17(20)16-14(19)11-12-21-15(16)10-9-13-7-5-4-6-8-13/h4-10,15-16H,11-12H2,1-3H3/b10-9+/t15-,16+/m1/s1. The molecule has 4 nitrogen and oxygen atoms in total. The molecular formula is C18H22O4. The summed E-state index contributed by atoms with van der Waals surface area (Å²) in [6.45, 7) is 5.69. The van der Waals surface area contributed by atoms with Crippen molar-refractivity contribution < 1.29 is 19.1 Å². The van der Waals surface area contributed by atoms with Gasteiger partial charge in [0, 0.05) is 6.42 Å². The maximum atomic E-state index is 12.3. The van der Waals surface area contributed by atoms with Crippen LogP contribution in [0.1, 0.15) is 32.8 Å². The van der Waals surface area contributed by atoms with Gasteiger partial charge >= 0.3 is 5.97 Å². The van der Waals surface area contributed by atoms with Gasteiger partial charge in [0.1, 0.15) is 11.5 Å². The van der Waals surface area contributed by atoms with Crippen LogP contribution in [-0.4, -0.2) is 30.1 Å². The summed E-state index contributed by atoms with van der Waals surface area (Å²) >= 11 is 0. The van der Waals surface area contributed by atoms with Crippen LogP contribution in [0.25, 0.3) is 6.08 Å².